The van der Waals surface area contributed by atoms with Gasteiger partial charge in [-0.1, -0.05) is 57.7 Å². The number of fused-ring (bicyclic) bond motifs is 1. The first-order chi connectivity index (χ1) is 23.0. The lowest BCUT2D eigenvalue weighted by molar-refractivity contribution is -0.154. The lowest BCUT2D eigenvalue weighted by Gasteiger charge is -2.36. The molecule has 0 aliphatic heterocycles. The number of rotatable bonds is 22. The number of methoxy groups -OCH3 is 1. The molecule has 0 amide bonds. The number of nitrogens with zero attached hydrogens (tertiary/aromatic N) is 3. The fraction of sp³-hybridized carbons (Fsp3) is 0.562. The number of aliphatic hydroxyl groups excluding tert-OH is 2. The standard InChI is InChI=1S/C32H48N5O10P/c1-5-7-12-18-44-27(38)20-24(31(41)45-19-13-8-6-2)36-48(42,47-23-14-10-9-11-15-23)46-21-32(3,43-4)29(40)28(39)25-16-17-26-30(33)34-22-35-37(25)26/h9-11,14-17,22,24,28-29,39-40H,5-8,12-13,18-21H2,1-4H3,(H,36,42)(H2,33,34,35)/t24-,28-,29-,32+,48?/m0/s1. The van der Waals surface area contributed by atoms with Gasteiger partial charge in [0.1, 0.15) is 41.4 Å². The first-order valence-corrected chi connectivity index (χ1v) is 17.6. The molecule has 5 atom stereocenters. The third-order valence-corrected chi connectivity index (χ3v) is 9.22. The molecule has 2 heterocycles. The van der Waals surface area contributed by atoms with E-state index in [1.165, 1.54) is 43.1 Å². The van der Waals surface area contributed by atoms with E-state index in [9.17, 15) is 24.4 Å². The number of aliphatic hydroxyl groups is 2. The third kappa shape index (κ3) is 11.0. The quantitative estimate of drug-likeness (QED) is 0.0664. The molecule has 3 rings (SSSR count). The van der Waals surface area contributed by atoms with E-state index in [4.69, 9.17) is 29.0 Å². The third-order valence-electron chi connectivity index (χ3n) is 7.67. The minimum absolute atomic E-state index is 0.0952. The van der Waals surface area contributed by atoms with Crippen molar-refractivity contribution in [2.24, 2.45) is 0 Å². The van der Waals surface area contributed by atoms with E-state index in [0.717, 1.165) is 25.7 Å². The summed E-state index contributed by atoms with van der Waals surface area (Å²) in [6.45, 7) is 5.10. The zero-order valence-electron chi connectivity index (χ0n) is 27.9. The largest absolute Gasteiger partial charge is 0.466 e. The molecule has 2 aromatic heterocycles. The summed E-state index contributed by atoms with van der Waals surface area (Å²) < 4.78 is 43.6. The number of carbonyl (C=O) groups is 2. The minimum atomic E-state index is -4.55. The molecular weight excluding hydrogens is 645 g/mol. The number of esters is 2. The van der Waals surface area contributed by atoms with E-state index >= 15 is 0 Å². The van der Waals surface area contributed by atoms with E-state index in [2.05, 4.69) is 15.2 Å². The van der Waals surface area contributed by atoms with Gasteiger partial charge in [0, 0.05) is 7.11 Å². The lowest BCUT2D eigenvalue weighted by Crippen LogP contribution is -2.49. The van der Waals surface area contributed by atoms with E-state index in [1.54, 1.807) is 24.3 Å². The molecule has 266 valence electrons. The van der Waals surface area contributed by atoms with Gasteiger partial charge < -0.3 is 34.7 Å². The van der Waals surface area contributed by atoms with Crippen molar-refractivity contribution in [3.8, 4) is 5.75 Å². The fourth-order valence-electron chi connectivity index (χ4n) is 4.64. The Kier molecular flexibility index (Phi) is 15.2. The minimum Gasteiger partial charge on any atom is -0.466 e. The van der Waals surface area contributed by atoms with Crippen LogP contribution in [-0.2, 0) is 32.9 Å². The van der Waals surface area contributed by atoms with E-state index in [1.807, 2.05) is 13.8 Å². The van der Waals surface area contributed by atoms with Crippen molar-refractivity contribution in [3.63, 3.8) is 0 Å². The van der Waals surface area contributed by atoms with Gasteiger partial charge in [-0.25, -0.2) is 14.1 Å². The van der Waals surface area contributed by atoms with E-state index < -0.39 is 56.6 Å². The Bertz CT molecular complexity index is 1490. The number of ether oxygens (including phenoxy) is 3. The molecule has 16 heteroatoms. The smallest absolute Gasteiger partial charge is 0.459 e. The Morgan fingerprint density at radius 2 is 1.69 bits per heavy atom. The van der Waals surface area contributed by atoms with Crippen molar-refractivity contribution in [1.29, 1.82) is 0 Å². The summed E-state index contributed by atoms with van der Waals surface area (Å²) in [5.41, 5.74) is 4.80. The summed E-state index contributed by atoms with van der Waals surface area (Å²) in [5.74, 6) is -1.25. The van der Waals surface area contributed by atoms with Crippen LogP contribution in [0, 0.1) is 0 Å². The van der Waals surface area contributed by atoms with Crippen molar-refractivity contribution in [1.82, 2.24) is 19.7 Å². The second-order valence-corrected chi connectivity index (χ2v) is 13.2. The SMILES string of the molecule is CCCCCOC(=O)C[C@H](NP(=O)(OC[C@@](C)(OC)[C@@H](O)[C@@H](O)c1ccc2c(N)ncnn12)Oc1ccccc1)C(=O)OCCCCC. The first kappa shape index (κ1) is 38.9. The molecule has 5 N–H and O–H groups in total. The number of unbranched alkanes of at least 4 members (excludes halogenated alkanes) is 4. The topological polar surface area (TPSA) is 206 Å². The van der Waals surface area contributed by atoms with Gasteiger partial charge in [-0.2, -0.15) is 10.2 Å². The number of aromatic nitrogens is 3. The summed E-state index contributed by atoms with van der Waals surface area (Å²) in [4.78, 5) is 29.9. The second-order valence-electron chi connectivity index (χ2n) is 11.5. The van der Waals surface area contributed by atoms with Crippen LogP contribution in [0.5, 0.6) is 5.75 Å². The Morgan fingerprint density at radius 1 is 1.02 bits per heavy atom. The fourth-order valence-corrected chi connectivity index (χ4v) is 6.23. The van der Waals surface area contributed by atoms with Crippen LogP contribution in [0.4, 0.5) is 5.82 Å². The highest BCUT2D eigenvalue weighted by Crippen LogP contribution is 2.46. The Balaban J connectivity index is 1.86. The van der Waals surface area contributed by atoms with Gasteiger partial charge in [0.05, 0.1) is 31.9 Å². The van der Waals surface area contributed by atoms with Crippen LogP contribution in [0.2, 0.25) is 0 Å². The molecule has 0 radical (unpaired) electrons. The first-order valence-electron chi connectivity index (χ1n) is 16.1. The van der Waals surface area contributed by atoms with Crippen molar-refractivity contribution < 1.29 is 47.6 Å². The van der Waals surface area contributed by atoms with Crippen LogP contribution >= 0.6 is 7.75 Å². The number of hydrogen-bond donors (Lipinski definition) is 4. The van der Waals surface area contributed by atoms with Crippen LogP contribution in [0.15, 0.2) is 48.8 Å². The van der Waals surface area contributed by atoms with Gasteiger partial charge in [0.15, 0.2) is 5.82 Å². The van der Waals surface area contributed by atoms with Crippen LogP contribution in [0.3, 0.4) is 0 Å². The number of nitrogen functional groups attached to an aromatic ring is 1. The molecule has 0 aliphatic carbocycles. The van der Waals surface area contributed by atoms with Crippen molar-refractivity contribution in [2.45, 2.75) is 89.6 Å². The molecule has 15 nitrogen and oxygen atoms in total. The maximum absolute atomic E-state index is 14.4. The molecule has 1 unspecified atom stereocenters. The average Bonchev–Trinajstić information content (AvgIpc) is 3.52. The molecule has 0 fully saturated rings. The molecule has 0 saturated carbocycles. The van der Waals surface area contributed by atoms with Gasteiger partial charge in [-0.3, -0.25) is 14.1 Å². The van der Waals surface area contributed by atoms with E-state index in [0.29, 0.717) is 18.4 Å². The van der Waals surface area contributed by atoms with Crippen LogP contribution in [0.1, 0.15) is 77.5 Å². The number of benzene rings is 1. The van der Waals surface area contributed by atoms with Crippen LogP contribution in [-0.4, -0.2) is 81.4 Å². The number of hydrogen-bond acceptors (Lipinski definition) is 13. The summed E-state index contributed by atoms with van der Waals surface area (Å²) in [5, 5.41) is 29.2. The lowest BCUT2D eigenvalue weighted by atomic mass is 9.93. The van der Waals surface area contributed by atoms with Gasteiger partial charge in [-0.05, 0) is 44.0 Å². The predicted octanol–water partition coefficient (Wildman–Crippen LogP) is 4.13. The van der Waals surface area contributed by atoms with Gasteiger partial charge >= 0.3 is 19.7 Å². The molecule has 1 aromatic carbocycles. The predicted molar refractivity (Wildman–Crippen MR) is 177 cm³/mol. The summed E-state index contributed by atoms with van der Waals surface area (Å²) in [6.07, 6.45) is 2.23. The molecule has 0 aliphatic rings. The van der Waals surface area contributed by atoms with Crippen molar-refractivity contribution in [3.05, 3.63) is 54.5 Å². The molecule has 3 aromatic rings. The summed E-state index contributed by atoms with van der Waals surface area (Å²) >= 11 is 0. The van der Waals surface area contributed by atoms with Crippen LogP contribution < -0.4 is 15.3 Å². The zero-order chi connectivity index (χ0) is 35.2. The number of carbonyl (C=O) groups excluding carboxylic acids is 2. The normalized spacial score (nSPS) is 16.0. The Labute approximate surface area is 280 Å². The van der Waals surface area contributed by atoms with E-state index in [-0.39, 0.29) is 30.5 Å². The monoisotopic (exact) mass is 693 g/mol. The maximum atomic E-state index is 14.4. The number of para-hydroxylation sites is 1. The Hall–Kier alpha value is -3.59. The zero-order valence-corrected chi connectivity index (χ0v) is 28.8. The van der Waals surface area contributed by atoms with Gasteiger partial charge in [-0.15, -0.1) is 0 Å². The molecule has 0 bridgehead atoms. The average molecular weight is 694 g/mol. The van der Waals surface area contributed by atoms with Gasteiger partial charge in [0.2, 0.25) is 0 Å². The van der Waals surface area contributed by atoms with Gasteiger partial charge in [0.25, 0.3) is 0 Å². The highest BCUT2D eigenvalue weighted by molar-refractivity contribution is 7.52. The van der Waals surface area contributed by atoms with Crippen LogP contribution in [0.25, 0.3) is 5.52 Å². The summed E-state index contributed by atoms with van der Waals surface area (Å²) in [7, 11) is -3.27. The summed E-state index contributed by atoms with van der Waals surface area (Å²) in [6, 6.07) is 9.70. The van der Waals surface area contributed by atoms with Crippen molar-refractivity contribution >= 4 is 31.0 Å². The second kappa shape index (κ2) is 18.8. The molecule has 0 saturated heterocycles. The van der Waals surface area contributed by atoms with Crippen molar-refractivity contribution in [2.75, 3.05) is 32.7 Å². The Morgan fingerprint density at radius 3 is 2.33 bits per heavy atom. The molecular formula is C32H48N5O10P. The number of anilines is 1. The highest BCUT2D eigenvalue weighted by atomic mass is 31.2. The maximum Gasteiger partial charge on any atom is 0.459 e. The molecule has 0 spiro atoms. The number of nitrogens with one attached hydrogen (secondary N) is 1. The number of nitrogens with two attached hydrogens (primary N) is 1. The highest BCUT2D eigenvalue weighted by Gasteiger charge is 2.44. The molecule has 48 heavy (non-hydrogen) atoms.